The Balaban J connectivity index is 1.44. The van der Waals surface area contributed by atoms with Gasteiger partial charge in [0, 0.05) is 13.1 Å². The highest BCUT2D eigenvalue weighted by Gasteiger charge is 2.37. The van der Waals surface area contributed by atoms with Crippen LogP contribution in [0.3, 0.4) is 0 Å². The van der Waals surface area contributed by atoms with Gasteiger partial charge in [-0.15, -0.1) is 0 Å². The summed E-state index contributed by atoms with van der Waals surface area (Å²) in [5.41, 5.74) is 2.07. The number of nitrogens with zero attached hydrogens (tertiary/aromatic N) is 1. The van der Waals surface area contributed by atoms with Crippen molar-refractivity contribution < 1.29 is 19.4 Å². The molecule has 3 rings (SSSR count). The number of rotatable bonds is 7. The van der Waals surface area contributed by atoms with Gasteiger partial charge in [0.15, 0.2) is 0 Å². The van der Waals surface area contributed by atoms with Crippen molar-refractivity contribution >= 4 is 5.69 Å². The number of anilines is 1. The smallest absolute Gasteiger partial charge is 0.119 e. The molecule has 1 aromatic rings. The average molecular weight is 364 g/mol. The molecule has 0 radical (unpaired) electrons. The number of hydrogen-bond acceptors (Lipinski definition) is 6. The molecule has 0 atom stereocenters. The Kier molecular flexibility index (Phi) is 5.77. The molecule has 1 aromatic carbocycles. The van der Waals surface area contributed by atoms with Crippen molar-refractivity contribution in [1.82, 2.24) is 4.90 Å². The Hall–Kier alpha value is -1.34. The molecular weight excluding hydrogens is 332 g/mol. The second-order valence-corrected chi connectivity index (χ2v) is 8.34. The second kappa shape index (κ2) is 7.72. The van der Waals surface area contributed by atoms with E-state index in [2.05, 4.69) is 10.4 Å². The van der Waals surface area contributed by atoms with Crippen molar-refractivity contribution in [2.45, 2.75) is 63.9 Å². The van der Waals surface area contributed by atoms with E-state index in [1.807, 2.05) is 38.1 Å². The highest BCUT2D eigenvalue weighted by Crippen LogP contribution is 2.27. The number of ether oxygens (including phenoxy) is 2. The average Bonchev–Trinajstić information content (AvgIpc) is 2.53. The fraction of sp³-hybridized carbons (Fsp3) is 0.700. The van der Waals surface area contributed by atoms with Crippen LogP contribution in [0.5, 0.6) is 5.75 Å². The molecule has 0 aromatic heterocycles. The van der Waals surface area contributed by atoms with E-state index in [-0.39, 0.29) is 6.10 Å². The molecule has 2 saturated heterocycles. The summed E-state index contributed by atoms with van der Waals surface area (Å²) in [4.78, 5) is 8.18. The van der Waals surface area contributed by atoms with Crippen LogP contribution in [0.25, 0.3) is 0 Å². The lowest BCUT2D eigenvalue weighted by Gasteiger charge is -2.41. The summed E-state index contributed by atoms with van der Waals surface area (Å²) in [6.07, 6.45) is 2.38. The zero-order valence-corrected chi connectivity index (χ0v) is 16.3. The fourth-order valence-electron chi connectivity index (χ4n) is 2.90. The van der Waals surface area contributed by atoms with Gasteiger partial charge in [-0.1, -0.05) is 0 Å². The van der Waals surface area contributed by atoms with Crippen molar-refractivity contribution in [2.24, 2.45) is 0 Å². The molecule has 0 bridgehead atoms. The SMILES string of the molecule is CC(C)(O)C(C)(C)ONc1ccc(OC2CCN(C3COC3)CC2)cc1. The molecule has 0 saturated carbocycles. The maximum absolute atomic E-state index is 10.1. The van der Waals surface area contributed by atoms with Gasteiger partial charge in [-0.25, -0.2) is 0 Å². The van der Waals surface area contributed by atoms with Crippen LogP contribution in [0.1, 0.15) is 40.5 Å². The molecule has 2 heterocycles. The van der Waals surface area contributed by atoms with Gasteiger partial charge in [-0.3, -0.25) is 15.2 Å². The van der Waals surface area contributed by atoms with Gasteiger partial charge in [0.05, 0.1) is 30.5 Å². The van der Waals surface area contributed by atoms with Crippen LogP contribution in [0.15, 0.2) is 24.3 Å². The van der Waals surface area contributed by atoms with E-state index in [1.165, 1.54) is 0 Å². The molecule has 0 amide bonds. The molecule has 0 unspecified atom stereocenters. The molecule has 0 aliphatic carbocycles. The van der Waals surface area contributed by atoms with Crippen LogP contribution in [-0.4, -0.2) is 59.7 Å². The minimum absolute atomic E-state index is 0.274. The number of aliphatic hydroxyl groups is 1. The Labute approximate surface area is 156 Å². The topological polar surface area (TPSA) is 63.2 Å². The fourth-order valence-corrected chi connectivity index (χ4v) is 2.90. The zero-order valence-electron chi connectivity index (χ0n) is 16.3. The summed E-state index contributed by atoms with van der Waals surface area (Å²) in [6.45, 7) is 11.1. The lowest BCUT2D eigenvalue weighted by Crippen LogP contribution is -2.52. The van der Waals surface area contributed by atoms with E-state index < -0.39 is 11.2 Å². The van der Waals surface area contributed by atoms with E-state index in [1.54, 1.807) is 13.8 Å². The summed E-state index contributed by atoms with van der Waals surface area (Å²) < 4.78 is 11.4. The monoisotopic (exact) mass is 364 g/mol. The predicted octanol–water partition coefficient (Wildman–Crippen LogP) is 2.82. The number of piperidine rings is 1. The molecule has 2 N–H and O–H groups in total. The molecule has 146 valence electrons. The second-order valence-electron chi connectivity index (χ2n) is 8.34. The van der Waals surface area contributed by atoms with Crippen LogP contribution in [0, 0.1) is 0 Å². The Bertz CT molecular complexity index is 570. The van der Waals surface area contributed by atoms with Crippen molar-refractivity contribution in [3.63, 3.8) is 0 Å². The molecule has 6 heteroatoms. The van der Waals surface area contributed by atoms with E-state index in [0.717, 1.165) is 50.6 Å². The van der Waals surface area contributed by atoms with Crippen LogP contribution in [0.4, 0.5) is 5.69 Å². The molecule has 0 spiro atoms. The predicted molar refractivity (Wildman–Crippen MR) is 101 cm³/mol. The van der Waals surface area contributed by atoms with E-state index >= 15 is 0 Å². The van der Waals surface area contributed by atoms with Gasteiger partial charge in [-0.2, -0.15) is 0 Å². The van der Waals surface area contributed by atoms with E-state index in [4.69, 9.17) is 14.3 Å². The van der Waals surface area contributed by atoms with Crippen LogP contribution in [0.2, 0.25) is 0 Å². The van der Waals surface area contributed by atoms with Gasteiger partial charge >= 0.3 is 0 Å². The molecule has 2 fully saturated rings. The van der Waals surface area contributed by atoms with Crippen molar-refractivity contribution in [3.05, 3.63) is 24.3 Å². The summed E-state index contributed by atoms with van der Waals surface area (Å²) in [6, 6.07) is 8.38. The minimum Gasteiger partial charge on any atom is -0.490 e. The lowest BCUT2D eigenvalue weighted by molar-refractivity contribution is -0.130. The van der Waals surface area contributed by atoms with Crippen molar-refractivity contribution in [2.75, 3.05) is 31.8 Å². The Morgan fingerprint density at radius 3 is 2.19 bits per heavy atom. The maximum atomic E-state index is 10.1. The number of benzene rings is 1. The number of hydrogen-bond donors (Lipinski definition) is 2. The third-order valence-electron chi connectivity index (χ3n) is 5.67. The van der Waals surface area contributed by atoms with Crippen LogP contribution < -0.4 is 10.2 Å². The Morgan fingerprint density at radius 2 is 1.69 bits per heavy atom. The largest absolute Gasteiger partial charge is 0.490 e. The van der Waals surface area contributed by atoms with Gasteiger partial charge in [0.1, 0.15) is 17.5 Å². The summed E-state index contributed by atoms with van der Waals surface area (Å²) in [5.74, 6) is 0.878. The minimum atomic E-state index is -0.955. The summed E-state index contributed by atoms with van der Waals surface area (Å²) >= 11 is 0. The van der Waals surface area contributed by atoms with Crippen molar-refractivity contribution in [3.8, 4) is 5.75 Å². The van der Waals surface area contributed by atoms with Crippen molar-refractivity contribution in [1.29, 1.82) is 0 Å². The zero-order chi connectivity index (χ0) is 18.8. The first-order chi connectivity index (χ1) is 12.2. The normalized spacial score (nSPS) is 20.7. The lowest BCUT2D eigenvalue weighted by atomic mass is 9.90. The Morgan fingerprint density at radius 1 is 1.08 bits per heavy atom. The maximum Gasteiger partial charge on any atom is 0.119 e. The molecule has 2 aliphatic rings. The van der Waals surface area contributed by atoms with Gasteiger partial charge in [0.2, 0.25) is 0 Å². The van der Waals surface area contributed by atoms with E-state index in [9.17, 15) is 5.11 Å². The third-order valence-corrected chi connectivity index (χ3v) is 5.67. The quantitative estimate of drug-likeness (QED) is 0.726. The van der Waals surface area contributed by atoms with Gasteiger partial charge in [0.25, 0.3) is 0 Å². The van der Waals surface area contributed by atoms with Gasteiger partial charge in [-0.05, 0) is 64.8 Å². The van der Waals surface area contributed by atoms with Crippen LogP contribution in [-0.2, 0) is 9.57 Å². The number of likely N-dealkylation sites (tertiary alicyclic amines) is 1. The first-order valence-electron chi connectivity index (χ1n) is 9.49. The number of nitrogens with one attached hydrogen (secondary N) is 1. The first kappa shape index (κ1) is 19.4. The van der Waals surface area contributed by atoms with Gasteiger partial charge < -0.3 is 14.6 Å². The van der Waals surface area contributed by atoms with E-state index in [0.29, 0.717) is 6.04 Å². The standard InChI is InChI=1S/C20H32N2O4/c1-19(2,23)20(3,4)26-21-15-5-7-17(8-6-15)25-18-9-11-22(12-10-18)16-13-24-14-16/h5-8,16,18,21,23H,9-14H2,1-4H3. The van der Waals surface area contributed by atoms with Crippen LogP contribution >= 0.6 is 0 Å². The molecule has 26 heavy (non-hydrogen) atoms. The molecule has 6 nitrogen and oxygen atoms in total. The third kappa shape index (κ3) is 4.68. The molecule has 2 aliphatic heterocycles. The summed E-state index contributed by atoms with van der Waals surface area (Å²) in [7, 11) is 0. The highest BCUT2D eigenvalue weighted by atomic mass is 16.7. The first-order valence-corrected chi connectivity index (χ1v) is 9.49. The molecular formula is C20H32N2O4. The summed E-state index contributed by atoms with van der Waals surface area (Å²) in [5, 5.41) is 10.1. The highest BCUT2D eigenvalue weighted by molar-refractivity contribution is 5.44.